The summed E-state index contributed by atoms with van der Waals surface area (Å²) in [5, 5.41) is 8.77. The summed E-state index contributed by atoms with van der Waals surface area (Å²) in [6.45, 7) is -0.415. The van der Waals surface area contributed by atoms with E-state index < -0.39 is 12.5 Å². The Morgan fingerprint density at radius 1 is 1.38 bits per heavy atom. The predicted octanol–water partition coefficient (Wildman–Crippen LogP) is 3.25. The first kappa shape index (κ1) is 15.9. The van der Waals surface area contributed by atoms with E-state index in [4.69, 9.17) is 17.3 Å². The first-order valence-electron chi connectivity index (χ1n) is 5.87. The summed E-state index contributed by atoms with van der Waals surface area (Å²) >= 11 is 9.51. The zero-order valence-corrected chi connectivity index (χ0v) is 13.9. The molecule has 1 fully saturated rings. The van der Waals surface area contributed by atoms with Crippen molar-refractivity contribution in [2.45, 2.75) is 0 Å². The summed E-state index contributed by atoms with van der Waals surface area (Å²) in [6.07, 6.45) is 3.51. The van der Waals surface area contributed by atoms with E-state index in [1.807, 2.05) is 36.4 Å². The summed E-state index contributed by atoms with van der Waals surface area (Å²) in [7, 11) is 0. The molecule has 1 aliphatic heterocycles. The Bertz CT molecular complexity index is 655. The molecule has 0 unspecified atom stereocenters. The maximum atomic E-state index is 12.1. The van der Waals surface area contributed by atoms with Gasteiger partial charge in [0.05, 0.1) is 4.91 Å². The standard InChI is InChI=1S/C14H10BrNO3S2/c15-10(6-9-4-2-1-3-5-9)7-11-13(19)16(8-12(17)18)14(20)21-11/h1-7H,8H2,(H,17,18)/b10-6-,11-7+. The molecule has 1 saturated heterocycles. The number of carbonyl (C=O) groups excluding carboxylic acids is 1. The SMILES string of the molecule is O=C(O)CN1C(=O)/C(=C\C(Br)=C\c2ccccc2)SC1=S. The average molecular weight is 384 g/mol. The van der Waals surface area contributed by atoms with Gasteiger partial charge in [-0.05, 0) is 17.7 Å². The van der Waals surface area contributed by atoms with E-state index >= 15 is 0 Å². The Morgan fingerprint density at radius 3 is 2.67 bits per heavy atom. The molecule has 0 spiro atoms. The second-order valence-electron chi connectivity index (χ2n) is 4.10. The first-order valence-corrected chi connectivity index (χ1v) is 7.88. The molecule has 108 valence electrons. The number of carbonyl (C=O) groups is 2. The average Bonchev–Trinajstić information content (AvgIpc) is 2.67. The molecular formula is C14H10BrNO3S2. The van der Waals surface area contributed by atoms with Crippen LogP contribution in [0.5, 0.6) is 0 Å². The smallest absolute Gasteiger partial charge is 0.323 e. The number of amides is 1. The van der Waals surface area contributed by atoms with Crippen molar-refractivity contribution in [3.05, 3.63) is 51.4 Å². The fraction of sp³-hybridized carbons (Fsp3) is 0.0714. The second kappa shape index (κ2) is 7.02. The maximum Gasteiger partial charge on any atom is 0.323 e. The number of thiocarbonyl (C=S) groups is 1. The molecular weight excluding hydrogens is 374 g/mol. The lowest BCUT2D eigenvalue weighted by Crippen LogP contribution is -2.33. The molecule has 1 heterocycles. The van der Waals surface area contributed by atoms with Crippen molar-refractivity contribution in [3.63, 3.8) is 0 Å². The number of aliphatic carboxylic acids is 1. The van der Waals surface area contributed by atoms with Crippen molar-refractivity contribution in [2.24, 2.45) is 0 Å². The molecule has 0 bridgehead atoms. The van der Waals surface area contributed by atoms with Crippen LogP contribution in [0.3, 0.4) is 0 Å². The molecule has 1 N–H and O–H groups in total. The lowest BCUT2D eigenvalue weighted by atomic mass is 10.2. The molecule has 1 aromatic carbocycles. The number of hydrogen-bond donors (Lipinski definition) is 1. The third kappa shape index (κ3) is 4.26. The number of carboxylic acids is 1. The van der Waals surface area contributed by atoms with Crippen LogP contribution in [-0.4, -0.2) is 32.7 Å². The quantitative estimate of drug-likeness (QED) is 0.638. The van der Waals surface area contributed by atoms with Gasteiger partial charge in [0.15, 0.2) is 0 Å². The number of halogens is 1. The molecule has 0 radical (unpaired) electrons. The highest BCUT2D eigenvalue weighted by atomic mass is 79.9. The zero-order valence-electron chi connectivity index (χ0n) is 10.7. The van der Waals surface area contributed by atoms with Gasteiger partial charge >= 0.3 is 5.97 Å². The third-order valence-electron chi connectivity index (χ3n) is 2.54. The Kier molecular flexibility index (Phi) is 5.33. The van der Waals surface area contributed by atoms with Crippen LogP contribution in [0.15, 0.2) is 45.8 Å². The number of allylic oxidation sites excluding steroid dienone is 2. The van der Waals surface area contributed by atoms with Gasteiger partial charge in [0.2, 0.25) is 0 Å². The Hall–Kier alpha value is -1.44. The summed E-state index contributed by atoms with van der Waals surface area (Å²) < 4.78 is 0.971. The van der Waals surface area contributed by atoms with Crippen LogP contribution < -0.4 is 0 Å². The van der Waals surface area contributed by atoms with Crippen molar-refractivity contribution in [1.29, 1.82) is 0 Å². The van der Waals surface area contributed by atoms with Gasteiger partial charge in [0.1, 0.15) is 10.9 Å². The normalized spacial score (nSPS) is 17.7. The van der Waals surface area contributed by atoms with Crippen molar-refractivity contribution >= 4 is 62.2 Å². The highest BCUT2D eigenvalue weighted by Crippen LogP contribution is 2.32. The van der Waals surface area contributed by atoms with Crippen LogP contribution in [0.4, 0.5) is 0 Å². The Balaban J connectivity index is 2.18. The molecule has 0 saturated carbocycles. The van der Waals surface area contributed by atoms with Crippen molar-refractivity contribution in [1.82, 2.24) is 4.90 Å². The van der Waals surface area contributed by atoms with Gasteiger partial charge in [-0.3, -0.25) is 14.5 Å². The second-order valence-corrected chi connectivity index (χ2v) is 6.69. The van der Waals surface area contributed by atoms with E-state index in [0.717, 1.165) is 22.2 Å². The van der Waals surface area contributed by atoms with Crippen molar-refractivity contribution in [2.75, 3.05) is 6.54 Å². The minimum absolute atomic E-state index is 0.258. The number of carboxylic acid groups (broad SMARTS) is 1. The predicted molar refractivity (Wildman–Crippen MR) is 91.0 cm³/mol. The number of benzene rings is 1. The van der Waals surface area contributed by atoms with Crippen LogP contribution in [-0.2, 0) is 9.59 Å². The van der Waals surface area contributed by atoms with Gasteiger partial charge in [0, 0.05) is 4.48 Å². The molecule has 1 aromatic rings. The monoisotopic (exact) mass is 383 g/mol. The summed E-state index contributed by atoms with van der Waals surface area (Å²) in [5.41, 5.74) is 0.988. The number of rotatable bonds is 4. The number of hydrogen-bond acceptors (Lipinski definition) is 4. The molecule has 21 heavy (non-hydrogen) atoms. The zero-order chi connectivity index (χ0) is 15.4. The van der Waals surface area contributed by atoms with Crippen LogP contribution in [0.1, 0.15) is 5.56 Å². The van der Waals surface area contributed by atoms with E-state index in [0.29, 0.717) is 9.39 Å². The largest absolute Gasteiger partial charge is 0.480 e. The van der Waals surface area contributed by atoms with Crippen LogP contribution >= 0.6 is 39.9 Å². The van der Waals surface area contributed by atoms with Gasteiger partial charge in [-0.1, -0.05) is 70.2 Å². The van der Waals surface area contributed by atoms with Gasteiger partial charge in [-0.15, -0.1) is 0 Å². The van der Waals surface area contributed by atoms with Crippen LogP contribution in [0.25, 0.3) is 6.08 Å². The van der Waals surface area contributed by atoms with Gasteiger partial charge < -0.3 is 5.11 Å². The Labute approximate surface area is 139 Å². The molecule has 1 aliphatic rings. The third-order valence-corrected chi connectivity index (χ3v) is 4.38. The molecule has 7 heteroatoms. The molecule has 0 aromatic heterocycles. The molecule has 0 aliphatic carbocycles. The first-order chi connectivity index (χ1) is 9.97. The van der Waals surface area contributed by atoms with E-state index in [9.17, 15) is 9.59 Å². The molecule has 1 amide bonds. The van der Waals surface area contributed by atoms with E-state index in [1.54, 1.807) is 6.08 Å². The lowest BCUT2D eigenvalue weighted by Gasteiger charge is -2.10. The molecule has 2 rings (SSSR count). The number of thioether (sulfide) groups is 1. The molecule has 4 nitrogen and oxygen atoms in total. The fourth-order valence-electron chi connectivity index (χ4n) is 1.65. The van der Waals surface area contributed by atoms with Gasteiger partial charge in [0.25, 0.3) is 5.91 Å². The minimum atomic E-state index is -1.09. The lowest BCUT2D eigenvalue weighted by molar-refractivity contribution is -0.140. The van der Waals surface area contributed by atoms with E-state index in [1.165, 1.54) is 0 Å². The minimum Gasteiger partial charge on any atom is -0.480 e. The van der Waals surface area contributed by atoms with Crippen molar-refractivity contribution in [3.8, 4) is 0 Å². The van der Waals surface area contributed by atoms with Gasteiger partial charge in [-0.25, -0.2) is 0 Å². The van der Waals surface area contributed by atoms with E-state index in [2.05, 4.69) is 15.9 Å². The Morgan fingerprint density at radius 2 is 2.05 bits per heavy atom. The highest BCUT2D eigenvalue weighted by Gasteiger charge is 2.33. The fourth-order valence-corrected chi connectivity index (χ4v) is 3.54. The highest BCUT2D eigenvalue weighted by molar-refractivity contribution is 9.12. The van der Waals surface area contributed by atoms with E-state index in [-0.39, 0.29) is 10.2 Å². The molecule has 0 atom stereocenters. The van der Waals surface area contributed by atoms with Crippen LogP contribution in [0, 0.1) is 0 Å². The van der Waals surface area contributed by atoms with Crippen molar-refractivity contribution < 1.29 is 14.7 Å². The summed E-state index contributed by atoms with van der Waals surface area (Å²) in [4.78, 5) is 24.3. The maximum absolute atomic E-state index is 12.1. The summed E-state index contributed by atoms with van der Waals surface area (Å²) in [6, 6.07) is 9.62. The number of nitrogens with zero attached hydrogens (tertiary/aromatic N) is 1. The summed E-state index contributed by atoms with van der Waals surface area (Å²) in [5.74, 6) is -1.47. The topological polar surface area (TPSA) is 57.6 Å². The van der Waals surface area contributed by atoms with Gasteiger partial charge in [-0.2, -0.15) is 0 Å². The van der Waals surface area contributed by atoms with Crippen LogP contribution in [0.2, 0.25) is 0 Å².